The molecule has 0 bridgehead atoms. The van der Waals surface area contributed by atoms with Crippen LogP contribution in [0.15, 0.2) is 53.5 Å². The molecule has 6 heteroatoms. The molecule has 0 spiro atoms. The number of hydrogen-bond acceptors (Lipinski definition) is 3. The minimum Gasteiger partial charge on any atom is -0.331 e. The van der Waals surface area contributed by atoms with Gasteiger partial charge in [0.25, 0.3) is 0 Å². The number of fused-ring (bicyclic) bond motifs is 1. The summed E-state index contributed by atoms with van der Waals surface area (Å²) >= 11 is 0. The molecule has 1 amide bonds. The number of carbonyl (C=O) groups is 1. The van der Waals surface area contributed by atoms with Gasteiger partial charge in [0, 0.05) is 32.1 Å². The Morgan fingerprint density at radius 1 is 1.17 bits per heavy atom. The second-order valence-electron chi connectivity index (χ2n) is 5.47. The third-order valence-corrected chi connectivity index (χ3v) is 3.99. The van der Waals surface area contributed by atoms with E-state index in [-0.39, 0.29) is 11.7 Å². The molecule has 1 aliphatic heterocycles. The Labute approximate surface area is 139 Å². The number of amides is 1. The first kappa shape index (κ1) is 15.9. The third kappa shape index (κ3) is 2.56. The van der Waals surface area contributed by atoms with E-state index in [4.69, 9.17) is 5.41 Å². The number of hydrogen-bond donors (Lipinski definition) is 1. The van der Waals surface area contributed by atoms with Crippen LogP contribution in [0.2, 0.25) is 0 Å². The number of amidine groups is 1. The highest BCUT2D eigenvalue weighted by Crippen LogP contribution is 2.38. The van der Waals surface area contributed by atoms with Crippen molar-refractivity contribution in [1.29, 1.82) is 5.41 Å². The van der Waals surface area contributed by atoms with Gasteiger partial charge in [0.15, 0.2) is 0 Å². The minimum atomic E-state index is -0.837. The fourth-order valence-electron chi connectivity index (χ4n) is 2.80. The molecule has 2 aromatic rings. The summed E-state index contributed by atoms with van der Waals surface area (Å²) in [7, 11) is 3.25. The summed E-state index contributed by atoms with van der Waals surface area (Å²) in [5.74, 6) is -1.52. The Morgan fingerprint density at radius 3 is 2.54 bits per heavy atom. The molecule has 0 saturated heterocycles. The van der Waals surface area contributed by atoms with Gasteiger partial charge >= 0.3 is 0 Å². The maximum Gasteiger partial charge on any atom is 0.247 e. The van der Waals surface area contributed by atoms with Crippen molar-refractivity contribution in [3.63, 3.8) is 0 Å². The SMILES string of the molecule is CN=CC1C(=N)N(C)c2ccc(F)cc2N(c2ccccc2)C1=O. The molecule has 0 saturated carbocycles. The van der Waals surface area contributed by atoms with E-state index in [0.29, 0.717) is 17.1 Å². The van der Waals surface area contributed by atoms with Crippen LogP contribution in [0.3, 0.4) is 0 Å². The number of aliphatic imine (C=N–C) groups is 1. The average Bonchev–Trinajstić information content (AvgIpc) is 2.66. The normalized spacial score (nSPS) is 18.0. The second-order valence-corrected chi connectivity index (χ2v) is 5.47. The molecule has 0 aliphatic carbocycles. The molecule has 1 heterocycles. The predicted octanol–water partition coefficient (Wildman–Crippen LogP) is 3.23. The van der Waals surface area contributed by atoms with Gasteiger partial charge < -0.3 is 4.90 Å². The van der Waals surface area contributed by atoms with Crippen molar-refractivity contribution >= 4 is 35.0 Å². The molecule has 1 atom stereocenters. The number of anilines is 3. The van der Waals surface area contributed by atoms with Crippen molar-refractivity contribution in [3.8, 4) is 0 Å². The smallest absolute Gasteiger partial charge is 0.247 e. The summed E-state index contributed by atoms with van der Waals surface area (Å²) in [6.07, 6.45) is 1.44. The first-order chi connectivity index (χ1) is 11.5. The van der Waals surface area contributed by atoms with Crippen molar-refractivity contribution < 1.29 is 9.18 Å². The Kier molecular flexibility index (Phi) is 4.12. The lowest BCUT2D eigenvalue weighted by Gasteiger charge is -2.24. The minimum absolute atomic E-state index is 0.0943. The number of nitrogens with one attached hydrogen (secondary N) is 1. The van der Waals surface area contributed by atoms with Crippen LogP contribution in [0.4, 0.5) is 21.5 Å². The van der Waals surface area contributed by atoms with Crippen molar-refractivity contribution in [2.24, 2.45) is 10.9 Å². The van der Waals surface area contributed by atoms with E-state index in [1.807, 2.05) is 18.2 Å². The van der Waals surface area contributed by atoms with Crippen molar-refractivity contribution in [1.82, 2.24) is 0 Å². The largest absolute Gasteiger partial charge is 0.331 e. The summed E-state index contributed by atoms with van der Waals surface area (Å²) in [6.45, 7) is 0. The van der Waals surface area contributed by atoms with Gasteiger partial charge in [-0.2, -0.15) is 0 Å². The lowest BCUT2D eigenvalue weighted by molar-refractivity contribution is -0.118. The molecule has 122 valence electrons. The highest BCUT2D eigenvalue weighted by atomic mass is 19.1. The summed E-state index contributed by atoms with van der Waals surface area (Å²) in [6, 6.07) is 13.2. The first-order valence-electron chi connectivity index (χ1n) is 7.47. The van der Waals surface area contributed by atoms with Gasteiger partial charge in [-0.3, -0.25) is 20.1 Å². The summed E-state index contributed by atoms with van der Waals surface area (Å²) in [5, 5.41) is 8.36. The number of halogens is 1. The fourth-order valence-corrected chi connectivity index (χ4v) is 2.80. The van der Waals surface area contributed by atoms with E-state index in [1.165, 1.54) is 23.2 Å². The Balaban J connectivity index is 2.27. The number of carbonyl (C=O) groups excluding carboxylic acids is 1. The van der Waals surface area contributed by atoms with E-state index in [9.17, 15) is 9.18 Å². The van der Waals surface area contributed by atoms with Crippen molar-refractivity contribution in [2.45, 2.75) is 0 Å². The quantitative estimate of drug-likeness (QED) is 0.862. The summed E-state index contributed by atoms with van der Waals surface area (Å²) in [5.41, 5.74) is 1.61. The Bertz CT molecular complexity index is 819. The van der Waals surface area contributed by atoms with Gasteiger partial charge in [0.1, 0.15) is 17.6 Å². The molecular weight excluding hydrogens is 307 g/mol. The maximum absolute atomic E-state index is 13.9. The summed E-state index contributed by atoms with van der Waals surface area (Å²) < 4.78 is 13.9. The molecule has 2 aromatic carbocycles. The molecule has 0 fully saturated rings. The fraction of sp³-hybridized carbons (Fsp3) is 0.167. The van der Waals surface area contributed by atoms with Crippen LogP contribution in [0.25, 0.3) is 0 Å². The van der Waals surface area contributed by atoms with Gasteiger partial charge in [-0.25, -0.2) is 4.39 Å². The highest BCUT2D eigenvalue weighted by molar-refractivity contribution is 6.27. The number of para-hydroxylation sites is 1. The lowest BCUT2D eigenvalue weighted by atomic mass is 10.1. The van der Waals surface area contributed by atoms with Crippen LogP contribution in [0, 0.1) is 17.1 Å². The third-order valence-electron chi connectivity index (χ3n) is 3.99. The van der Waals surface area contributed by atoms with Gasteiger partial charge in [0.2, 0.25) is 5.91 Å². The highest BCUT2D eigenvalue weighted by Gasteiger charge is 2.36. The zero-order valence-corrected chi connectivity index (χ0v) is 13.4. The molecule has 1 unspecified atom stereocenters. The zero-order chi connectivity index (χ0) is 17.3. The molecule has 1 N–H and O–H groups in total. The molecule has 3 rings (SSSR count). The molecular formula is C18H17FN4O. The topological polar surface area (TPSA) is 59.8 Å². The van der Waals surface area contributed by atoms with Gasteiger partial charge in [-0.05, 0) is 24.3 Å². The van der Waals surface area contributed by atoms with E-state index < -0.39 is 11.7 Å². The zero-order valence-electron chi connectivity index (χ0n) is 13.4. The standard InChI is InChI=1S/C18H17FN4O/c1-21-11-14-17(20)22(2)15-9-8-12(19)10-16(15)23(18(14)24)13-6-4-3-5-7-13/h3-11,14,20H,1-2H3. The van der Waals surface area contributed by atoms with Crippen LogP contribution >= 0.6 is 0 Å². The Hall–Kier alpha value is -3.02. The predicted molar refractivity (Wildman–Crippen MR) is 94.0 cm³/mol. The monoisotopic (exact) mass is 324 g/mol. The first-order valence-corrected chi connectivity index (χ1v) is 7.47. The van der Waals surface area contributed by atoms with Crippen LogP contribution < -0.4 is 9.80 Å². The van der Waals surface area contributed by atoms with Crippen LogP contribution in [-0.2, 0) is 4.79 Å². The van der Waals surface area contributed by atoms with E-state index in [0.717, 1.165) is 0 Å². The van der Waals surface area contributed by atoms with Crippen molar-refractivity contribution in [3.05, 3.63) is 54.3 Å². The maximum atomic E-state index is 13.9. The molecule has 0 aromatic heterocycles. The Morgan fingerprint density at radius 2 is 1.88 bits per heavy atom. The van der Waals surface area contributed by atoms with Crippen molar-refractivity contribution in [2.75, 3.05) is 23.9 Å². The average molecular weight is 324 g/mol. The van der Waals surface area contributed by atoms with Gasteiger partial charge in [-0.1, -0.05) is 18.2 Å². The lowest BCUT2D eigenvalue weighted by Crippen LogP contribution is -2.39. The number of benzene rings is 2. The van der Waals surface area contributed by atoms with E-state index in [1.54, 1.807) is 37.2 Å². The molecule has 24 heavy (non-hydrogen) atoms. The number of rotatable bonds is 2. The molecule has 0 radical (unpaired) electrons. The van der Waals surface area contributed by atoms with Gasteiger partial charge in [-0.15, -0.1) is 0 Å². The summed E-state index contributed by atoms with van der Waals surface area (Å²) in [4.78, 5) is 20.1. The van der Waals surface area contributed by atoms with Crippen LogP contribution in [-0.4, -0.2) is 32.1 Å². The van der Waals surface area contributed by atoms with Crippen LogP contribution in [0.5, 0.6) is 0 Å². The molecule has 1 aliphatic rings. The van der Waals surface area contributed by atoms with Crippen LogP contribution in [0.1, 0.15) is 0 Å². The van der Waals surface area contributed by atoms with Gasteiger partial charge in [0.05, 0.1) is 11.4 Å². The van der Waals surface area contributed by atoms with E-state index >= 15 is 0 Å². The number of nitrogens with zero attached hydrogens (tertiary/aromatic N) is 3. The second kappa shape index (κ2) is 6.23. The molecule has 5 nitrogen and oxygen atoms in total. The van der Waals surface area contributed by atoms with E-state index in [2.05, 4.69) is 4.99 Å².